The highest BCUT2D eigenvalue weighted by atomic mass is 19.1. The van der Waals surface area contributed by atoms with Gasteiger partial charge < -0.3 is 25.2 Å². The Balaban J connectivity index is 1.58. The highest BCUT2D eigenvalue weighted by Gasteiger charge is 2.26. The summed E-state index contributed by atoms with van der Waals surface area (Å²) in [5.74, 6) is -1.33. The summed E-state index contributed by atoms with van der Waals surface area (Å²) in [6.07, 6.45) is 6.10. The van der Waals surface area contributed by atoms with Crippen LogP contribution in [0.4, 0.5) is 14.6 Å². The van der Waals surface area contributed by atoms with E-state index in [0.717, 1.165) is 38.2 Å². The van der Waals surface area contributed by atoms with Crippen molar-refractivity contribution in [2.24, 2.45) is 0 Å². The van der Waals surface area contributed by atoms with Crippen molar-refractivity contribution in [3.63, 3.8) is 0 Å². The third kappa shape index (κ3) is 6.82. The van der Waals surface area contributed by atoms with Crippen LogP contribution < -0.4 is 10.6 Å². The highest BCUT2D eigenvalue weighted by molar-refractivity contribution is 5.93. The zero-order valence-electron chi connectivity index (χ0n) is 19.7. The molecule has 182 valence electrons. The van der Waals surface area contributed by atoms with Crippen molar-refractivity contribution in [1.29, 1.82) is 0 Å². The van der Waals surface area contributed by atoms with Crippen LogP contribution in [-0.4, -0.2) is 57.7 Å². The normalized spacial score (nSPS) is 16.7. The van der Waals surface area contributed by atoms with Gasteiger partial charge in [0.25, 0.3) is 0 Å². The van der Waals surface area contributed by atoms with Crippen LogP contribution in [0, 0.1) is 11.6 Å². The molecule has 2 aromatic rings. The average Bonchev–Trinajstić information content (AvgIpc) is 3.43. The minimum absolute atomic E-state index is 0.0152. The number of hydrogen-bond acceptors (Lipinski definition) is 5. The first kappa shape index (κ1) is 25.3. The van der Waals surface area contributed by atoms with Crippen molar-refractivity contribution in [3.05, 3.63) is 47.9 Å². The van der Waals surface area contributed by atoms with E-state index in [1.807, 2.05) is 17.7 Å². The minimum atomic E-state index is -1.21. The molecule has 1 fully saturated rings. The number of nitrogens with one attached hydrogen (secondary N) is 2. The Bertz CT molecular complexity index is 927. The summed E-state index contributed by atoms with van der Waals surface area (Å²) in [7, 11) is 0. The third-order valence-electron chi connectivity index (χ3n) is 6.11. The largest absolute Gasteiger partial charge is 0.387 e. The van der Waals surface area contributed by atoms with E-state index in [-0.39, 0.29) is 23.6 Å². The second kappa shape index (κ2) is 11.2. The topological polar surface area (TPSA) is 82.4 Å². The summed E-state index contributed by atoms with van der Waals surface area (Å²) in [5.41, 5.74) is -0.177. The second-order valence-corrected chi connectivity index (χ2v) is 9.38. The highest BCUT2D eigenvalue weighted by Crippen LogP contribution is 2.22. The van der Waals surface area contributed by atoms with Crippen molar-refractivity contribution < 1.29 is 18.7 Å². The number of imidazole rings is 1. The van der Waals surface area contributed by atoms with Gasteiger partial charge in [0.15, 0.2) is 5.82 Å². The summed E-state index contributed by atoms with van der Waals surface area (Å²) in [4.78, 5) is 19.7. The SMILES string of the molecule is CCC[C@H](NCC(O)c1ccc(F)cc1F)C(=O)Nc1cn(C(C)(C)CN2CCCC2)cn1. The van der Waals surface area contributed by atoms with Crippen LogP contribution in [0.5, 0.6) is 0 Å². The van der Waals surface area contributed by atoms with Crippen LogP contribution in [0.25, 0.3) is 0 Å². The van der Waals surface area contributed by atoms with Gasteiger partial charge in [0.2, 0.25) is 5.91 Å². The summed E-state index contributed by atoms with van der Waals surface area (Å²) in [6.45, 7) is 9.34. The van der Waals surface area contributed by atoms with E-state index in [1.165, 1.54) is 18.9 Å². The molecule has 7 nitrogen and oxygen atoms in total. The lowest BCUT2D eigenvalue weighted by molar-refractivity contribution is -0.118. The zero-order chi connectivity index (χ0) is 24.0. The predicted octanol–water partition coefficient (Wildman–Crippen LogP) is 3.42. The Labute approximate surface area is 194 Å². The molecule has 33 heavy (non-hydrogen) atoms. The summed E-state index contributed by atoms with van der Waals surface area (Å²) >= 11 is 0. The molecule has 0 spiro atoms. The van der Waals surface area contributed by atoms with Crippen LogP contribution >= 0.6 is 0 Å². The predicted molar refractivity (Wildman–Crippen MR) is 124 cm³/mol. The van der Waals surface area contributed by atoms with E-state index in [1.54, 1.807) is 6.33 Å². The number of carbonyl (C=O) groups excluding carboxylic acids is 1. The number of carbonyl (C=O) groups is 1. The maximum atomic E-state index is 13.9. The van der Waals surface area contributed by atoms with Gasteiger partial charge in [0.05, 0.1) is 24.0 Å². The van der Waals surface area contributed by atoms with E-state index in [4.69, 9.17) is 0 Å². The summed E-state index contributed by atoms with van der Waals surface area (Å²) < 4.78 is 29.1. The van der Waals surface area contributed by atoms with Crippen molar-refractivity contribution in [2.45, 2.75) is 64.1 Å². The molecule has 3 rings (SSSR count). The Morgan fingerprint density at radius 2 is 2.00 bits per heavy atom. The van der Waals surface area contributed by atoms with Crippen LogP contribution in [0.3, 0.4) is 0 Å². The molecule has 0 saturated carbocycles. The van der Waals surface area contributed by atoms with Crippen molar-refractivity contribution in [3.8, 4) is 0 Å². The number of aromatic nitrogens is 2. The molecule has 1 aliphatic rings. The molecule has 0 bridgehead atoms. The number of nitrogens with zero attached hydrogens (tertiary/aromatic N) is 3. The number of likely N-dealkylation sites (tertiary alicyclic amines) is 1. The molecule has 2 heterocycles. The molecule has 1 aromatic carbocycles. The second-order valence-electron chi connectivity index (χ2n) is 9.38. The van der Waals surface area contributed by atoms with Gasteiger partial charge in [-0.3, -0.25) is 4.79 Å². The molecule has 0 radical (unpaired) electrons. The first-order chi connectivity index (χ1) is 15.7. The molecule has 1 aliphatic heterocycles. The van der Waals surface area contributed by atoms with Gasteiger partial charge in [-0.15, -0.1) is 0 Å². The van der Waals surface area contributed by atoms with Crippen LogP contribution in [0.2, 0.25) is 0 Å². The van der Waals surface area contributed by atoms with Gasteiger partial charge in [-0.05, 0) is 52.3 Å². The number of hydrogen-bond donors (Lipinski definition) is 3. The van der Waals surface area contributed by atoms with Crippen molar-refractivity contribution >= 4 is 11.7 Å². The molecular formula is C24H35F2N5O2. The average molecular weight is 464 g/mol. The monoisotopic (exact) mass is 463 g/mol. The van der Waals surface area contributed by atoms with Crippen LogP contribution in [-0.2, 0) is 10.3 Å². The fraction of sp³-hybridized carbons (Fsp3) is 0.583. The van der Waals surface area contributed by atoms with E-state index in [2.05, 4.69) is 34.4 Å². The number of amides is 1. The van der Waals surface area contributed by atoms with Gasteiger partial charge >= 0.3 is 0 Å². The maximum absolute atomic E-state index is 13.9. The zero-order valence-corrected chi connectivity index (χ0v) is 19.7. The Kier molecular flexibility index (Phi) is 8.56. The maximum Gasteiger partial charge on any atom is 0.242 e. The van der Waals surface area contributed by atoms with Crippen molar-refractivity contribution in [2.75, 3.05) is 31.5 Å². The fourth-order valence-electron chi connectivity index (χ4n) is 4.25. The van der Waals surface area contributed by atoms with Gasteiger partial charge in [0.1, 0.15) is 11.6 Å². The molecular weight excluding hydrogens is 428 g/mol. The molecule has 1 unspecified atom stereocenters. The molecule has 1 aromatic heterocycles. The van der Waals surface area contributed by atoms with E-state index in [0.29, 0.717) is 12.2 Å². The van der Waals surface area contributed by atoms with Gasteiger partial charge in [-0.25, -0.2) is 13.8 Å². The minimum Gasteiger partial charge on any atom is -0.387 e. The Morgan fingerprint density at radius 3 is 2.67 bits per heavy atom. The summed E-state index contributed by atoms with van der Waals surface area (Å²) in [5, 5.41) is 16.2. The van der Waals surface area contributed by atoms with E-state index < -0.39 is 23.8 Å². The van der Waals surface area contributed by atoms with E-state index >= 15 is 0 Å². The third-order valence-corrected chi connectivity index (χ3v) is 6.11. The van der Waals surface area contributed by atoms with Gasteiger partial charge in [-0.2, -0.15) is 0 Å². The Hall–Kier alpha value is -2.36. The van der Waals surface area contributed by atoms with Gasteiger partial charge in [-0.1, -0.05) is 19.4 Å². The fourth-order valence-corrected chi connectivity index (χ4v) is 4.25. The van der Waals surface area contributed by atoms with E-state index in [9.17, 15) is 18.7 Å². The molecule has 1 saturated heterocycles. The van der Waals surface area contributed by atoms with Crippen LogP contribution in [0.1, 0.15) is 58.1 Å². The first-order valence-corrected chi connectivity index (χ1v) is 11.6. The number of anilines is 1. The molecule has 9 heteroatoms. The standard InChI is InChI=1S/C24H35F2N5O2/c1-4-7-20(27-13-21(32)18-9-8-17(25)12-19(18)26)23(33)29-22-14-31(16-28-22)24(2,3)15-30-10-5-6-11-30/h8-9,12,14,16,20-21,27,32H,4-7,10-11,13,15H2,1-3H3,(H,29,33)/t20-,21?/m0/s1. The molecule has 2 atom stereocenters. The number of halogens is 2. The quantitative estimate of drug-likeness (QED) is 0.476. The smallest absolute Gasteiger partial charge is 0.242 e. The lowest BCUT2D eigenvalue weighted by atomic mass is 10.1. The lowest BCUT2D eigenvalue weighted by Gasteiger charge is -2.31. The Morgan fingerprint density at radius 1 is 1.27 bits per heavy atom. The number of benzene rings is 1. The van der Waals surface area contributed by atoms with Gasteiger partial charge in [0, 0.05) is 30.9 Å². The van der Waals surface area contributed by atoms with Crippen LogP contribution in [0.15, 0.2) is 30.7 Å². The number of aliphatic hydroxyl groups excluding tert-OH is 1. The molecule has 1 amide bonds. The number of aliphatic hydroxyl groups is 1. The molecule has 0 aliphatic carbocycles. The first-order valence-electron chi connectivity index (χ1n) is 11.6. The lowest BCUT2D eigenvalue weighted by Crippen LogP contribution is -2.42. The van der Waals surface area contributed by atoms with Crippen molar-refractivity contribution in [1.82, 2.24) is 19.8 Å². The number of rotatable bonds is 11. The molecule has 3 N–H and O–H groups in total. The summed E-state index contributed by atoms with van der Waals surface area (Å²) in [6, 6.07) is 2.45.